The summed E-state index contributed by atoms with van der Waals surface area (Å²) in [6.07, 6.45) is 1.59. The van der Waals surface area contributed by atoms with E-state index >= 15 is 0 Å². The molecule has 1 heterocycles. The maximum atomic E-state index is 11.4. The van der Waals surface area contributed by atoms with Gasteiger partial charge in [0.1, 0.15) is 0 Å². The lowest BCUT2D eigenvalue weighted by atomic mass is 10.1. The van der Waals surface area contributed by atoms with Crippen molar-refractivity contribution >= 4 is 34.9 Å². The molecule has 0 atom stereocenters. The highest BCUT2D eigenvalue weighted by Crippen LogP contribution is 2.25. The van der Waals surface area contributed by atoms with Crippen LogP contribution in [0.5, 0.6) is 0 Å². The summed E-state index contributed by atoms with van der Waals surface area (Å²) in [6.45, 7) is 0. The first-order valence-corrected chi connectivity index (χ1v) is 5.68. The monoisotopic (exact) mass is 264 g/mol. The topological polar surface area (TPSA) is 99.0 Å². The minimum Gasteiger partial charge on any atom is -0.478 e. The Kier molecular flexibility index (Phi) is 3.33. The van der Waals surface area contributed by atoms with E-state index in [9.17, 15) is 9.59 Å². The van der Waals surface area contributed by atoms with Gasteiger partial charge in [-0.1, -0.05) is 17.3 Å². The Bertz CT molecular complexity index is 563. The van der Waals surface area contributed by atoms with Gasteiger partial charge in [0, 0.05) is 0 Å². The Morgan fingerprint density at radius 2 is 2.00 bits per heavy atom. The molecule has 0 bridgehead atoms. The van der Waals surface area contributed by atoms with Crippen LogP contribution in [0.25, 0.3) is 6.08 Å². The number of carboxylic acid groups (broad SMARTS) is 1. The van der Waals surface area contributed by atoms with Gasteiger partial charge in [0.05, 0.1) is 10.5 Å². The number of rotatable bonds is 2. The van der Waals surface area contributed by atoms with E-state index in [1.165, 1.54) is 12.1 Å². The molecule has 0 unspecified atom stereocenters. The fraction of sp³-hybridized carbons (Fsp3) is 0. The second-order valence-corrected chi connectivity index (χ2v) is 4.43. The van der Waals surface area contributed by atoms with Gasteiger partial charge in [0.15, 0.2) is 0 Å². The first-order valence-electron chi connectivity index (χ1n) is 4.86. The molecule has 1 aromatic rings. The Morgan fingerprint density at radius 1 is 1.33 bits per heavy atom. The van der Waals surface area contributed by atoms with Crippen LogP contribution >= 0.6 is 11.8 Å². The molecule has 0 aromatic heterocycles. The van der Waals surface area contributed by atoms with Crippen LogP contribution in [-0.4, -0.2) is 27.4 Å². The van der Waals surface area contributed by atoms with Crippen LogP contribution in [0.1, 0.15) is 15.9 Å². The van der Waals surface area contributed by atoms with Gasteiger partial charge in [0.25, 0.3) is 5.91 Å². The molecule has 0 saturated carbocycles. The van der Waals surface area contributed by atoms with Gasteiger partial charge in [-0.15, -0.1) is 0 Å². The number of amides is 1. The first kappa shape index (κ1) is 12.2. The molecule has 6 nitrogen and oxygen atoms in total. The zero-order valence-corrected chi connectivity index (χ0v) is 9.77. The summed E-state index contributed by atoms with van der Waals surface area (Å²) in [5, 5.41) is 22.6. The fourth-order valence-electron chi connectivity index (χ4n) is 1.35. The van der Waals surface area contributed by atoms with Crippen LogP contribution in [0.15, 0.2) is 34.3 Å². The predicted octanol–water partition coefficient (Wildman–Crippen LogP) is 1.33. The Morgan fingerprint density at radius 3 is 2.50 bits per heavy atom. The maximum absolute atomic E-state index is 11.4. The van der Waals surface area contributed by atoms with Crippen molar-refractivity contribution in [2.75, 3.05) is 0 Å². The number of nitrogens with zero attached hydrogens (tertiary/aromatic N) is 1. The highest BCUT2D eigenvalue weighted by molar-refractivity contribution is 8.18. The molecule has 3 N–H and O–H groups in total. The van der Waals surface area contributed by atoms with E-state index in [-0.39, 0.29) is 16.6 Å². The molecule has 0 aliphatic carbocycles. The lowest BCUT2D eigenvalue weighted by Crippen LogP contribution is -2.19. The summed E-state index contributed by atoms with van der Waals surface area (Å²) in [6, 6.07) is 6.09. The largest absolute Gasteiger partial charge is 0.478 e. The summed E-state index contributed by atoms with van der Waals surface area (Å²) >= 11 is 1.01. The van der Waals surface area contributed by atoms with Crippen molar-refractivity contribution in [3.8, 4) is 0 Å². The minimum absolute atomic E-state index is 0.119. The number of carbonyl (C=O) groups is 2. The molecule has 1 fully saturated rings. The highest BCUT2D eigenvalue weighted by Gasteiger charge is 2.23. The number of aromatic carboxylic acids is 1. The fourth-order valence-corrected chi connectivity index (χ4v) is 2.08. The summed E-state index contributed by atoms with van der Waals surface area (Å²) in [4.78, 5) is 22.5. The number of hydrogen-bond donors (Lipinski definition) is 3. The normalized spacial score (nSPS) is 19.2. The smallest absolute Gasteiger partial charge is 0.335 e. The van der Waals surface area contributed by atoms with Crippen molar-refractivity contribution in [3.05, 3.63) is 40.3 Å². The summed E-state index contributed by atoms with van der Waals surface area (Å²) in [5.41, 5.74) is 0.870. The molecule has 1 aliphatic rings. The molecule has 1 aromatic carbocycles. The van der Waals surface area contributed by atoms with E-state index in [0.717, 1.165) is 11.8 Å². The second-order valence-electron chi connectivity index (χ2n) is 3.40. The van der Waals surface area contributed by atoms with E-state index in [1.807, 2.05) is 0 Å². The number of nitrogens with one attached hydrogen (secondary N) is 1. The Labute approximate surface area is 106 Å². The van der Waals surface area contributed by atoms with Crippen molar-refractivity contribution in [1.82, 2.24) is 5.32 Å². The minimum atomic E-state index is -1.00. The van der Waals surface area contributed by atoms with Gasteiger partial charge < -0.3 is 10.3 Å². The number of hydrogen-bond acceptors (Lipinski definition) is 5. The molecule has 0 radical (unpaired) electrons. The Hall–Kier alpha value is -2.28. The van der Waals surface area contributed by atoms with Crippen molar-refractivity contribution in [3.63, 3.8) is 0 Å². The standard InChI is InChI=1S/C11H8N2O4S/c14-9-8(18-11(12-9)13-17)5-6-1-3-7(4-2-6)10(15)16/h1-5,17H,(H,15,16)(H,12,13,14). The van der Waals surface area contributed by atoms with Crippen molar-refractivity contribution in [2.24, 2.45) is 5.16 Å². The predicted molar refractivity (Wildman–Crippen MR) is 66.3 cm³/mol. The summed E-state index contributed by atoms with van der Waals surface area (Å²) in [7, 11) is 0. The van der Waals surface area contributed by atoms with Crippen molar-refractivity contribution in [1.29, 1.82) is 0 Å². The van der Waals surface area contributed by atoms with E-state index in [0.29, 0.717) is 10.5 Å². The average Bonchev–Trinajstić information content (AvgIpc) is 2.71. The van der Waals surface area contributed by atoms with Crippen molar-refractivity contribution < 1.29 is 19.9 Å². The molecular formula is C11H8N2O4S. The number of oxime groups is 1. The zero-order valence-electron chi connectivity index (χ0n) is 8.95. The molecule has 0 spiro atoms. The summed E-state index contributed by atoms with van der Waals surface area (Å²) in [5.74, 6) is -1.35. The molecule has 1 saturated heterocycles. The van der Waals surface area contributed by atoms with Crippen LogP contribution in [0.2, 0.25) is 0 Å². The van der Waals surface area contributed by atoms with Crippen LogP contribution in [0.3, 0.4) is 0 Å². The Balaban J connectivity index is 2.23. The number of benzene rings is 1. The molecule has 7 heteroatoms. The first-order chi connectivity index (χ1) is 8.60. The van der Waals surface area contributed by atoms with E-state index in [4.69, 9.17) is 10.3 Å². The molecule has 1 amide bonds. The van der Waals surface area contributed by atoms with Crippen LogP contribution in [0, 0.1) is 0 Å². The molecular weight excluding hydrogens is 256 g/mol. The van der Waals surface area contributed by atoms with Gasteiger partial charge in [0.2, 0.25) is 5.17 Å². The number of carboxylic acids is 1. The molecule has 2 rings (SSSR count). The molecule has 92 valence electrons. The van der Waals surface area contributed by atoms with E-state index < -0.39 is 5.97 Å². The number of thioether (sulfide) groups is 1. The van der Waals surface area contributed by atoms with E-state index in [1.54, 1.807) is 18.2 Å². The number of carbonyl (C=O) groups excluding carboxylic acids is 1. The lowest BCUT2D eigenvalue weighted by Gasteiger charge is -1.96. The third-order valence-corrected chi connectivity index (χ3v) is 3.10. The molecule has 1 aliphatic heterocycles. The van der Waals surface area contributed by atoms with Gasteiger partial charge in [-0.05, 0) is 35.5 Å². The lowest BCUT2D eigenvalue weighted by molar-refractivity contribution is -0.115. The second kappa shape index (κ2) is 4.92. The average molecular weight is 264 g/mol. The van der Waals surface area contributed by atoms with Gasteiger partial charge >= 0.3 is 5.97 Å². The number of amidine groups is 1. The van der Waals surface area contributed by atoms with Crippen LogP contribution in [-0.2, 0) is 4.79 Å². The van der Waals surface area contributed by atoms with Crippen molar-refractivity contribution in [2.45, 2.75) is 0 Å². The van der Waals surface area contributed by atoms with Gasteiger partial charge in [-0.25, -0.2) is 4.79 Å². The third kappa shape index (κ3) is 2.51. The van der Waals surface area contributed by atoms with Gasteiger partial charge in [-0.3, -0.25) is 10.1 Å². The zero-order chi connectivity index (χ0) is 13.1. The summed E-state index contributed by atoms with van der Waals surface area (Å²) < 4.78 is 0. The maximum Gasteiger partial charge on any atom is 0.335 e. The quantitative estimate of drug-likeness (QED) is 0.425. The SMILES string of the molecule is O=C1NC(=NO)SC1=Cc1ccc(C(=O)O)cc1. The van der Waals surface area contributed by atoms with Gasteiger partial charge in [-0.2, -0.15) is 0 Å². The highest BCUT2D eigenvalue weighted by atomic mass is 32.2. The van der Waals surface area contributed by atoms with Crippen LogP contribution < -0.4 is 5.32 Å². The molecule has 18 heavy (non-hydrogen) atoms. The van der Waals surface area contributed by atoms with E-state index in [2.05, 4.69) is 10.5 Å². The van der Waals surface area contributed by atoms with Crippen LogP contribution in [0.4, 0.5) is 0 Å². The third-order valence-electron chi connectivity index (χ3n) is 2.20.